The maximum atomic E-state index is 10.2. The maximum Gasteiger partial charge on any atom is 0.405 e. The number of hydrogen-bond acceptors (Lipinski definition) is 3. The summed E-state index contributed by atoms with van der Waals surface area (Å²) in [5.74, 6) is 0. The summed E-state index contributed by atoms with van der Waals surface area (Å²) in [6.07, 6.45) is 0.153. The minimum atomic E-state index is -0.753. The molecule has 4 heteroatoms. The summed E-state index contributed by atoms with van der Waals surface area (Å²) in [6, 6.07) is 10.1. The molecule has 1 aromatic rings. The molecule has 0 radical (unpaired) electrons. The van der Waals surface area contributed by atoms with Gasteiger partial charge in [0.15, 0.2) is 0 Å². The molecule has 0 aliphatic carbocycles. The van der Waals surface area contributed by atoms with Crippen molar-refractivity contribution in [3.05, 3.63) is 35.9 Å². The second kappa shape index (κ2) is 5.99. The molecule has 76 valence electrons. The molecule has 0 saturated carbocycles. The van der Waals surface area contributed by atoms with Crippen molar-refractivity contribution in [2.75, 3.05) is 13.3 Å². The Morgan fingerprint density at radius 3 is 2.71 bits per heavy atom. The third-order valence-corrected chi connectivity index (χ3v) is 1.75. The number of carbonyl (C=O) groups excluding carboxylic acids is 1. The van der Waals surface area contributed by atoms with Gasteiger partial charge in [0.2, 0.25) is 0 Å². The van der Waals surface area contributed by atoms with E-state index in [2.05, 4.69) is 22.2 Å². The number of benzene rings is 1. The van der Waals surface area contributed by atoms with E-state index in [-0.39, 0.29) is 6.73 Å². The van der Waals surface area contributed by atoms with Crippen molar-refractivity contribution in [3.8, 4) is 0 Å². The molecule has 0 saturated heterocycles. The largest absolute Gasteiger partial charge is 0.434 e. The Hall–Kier alpha value is -1.55. The van der Waals surface area contributed by atoms with Crippen LogP contribution in [-0.2, 0) is 11.2 Å². The SMILES string of the molecule is NC(=O)OCNCCc1ccccc1. The first-order chi connectivity index (χ1) is 6.79. The Labute approximate surface area is 83.1 Å². The van der Waals surface area contributed by atoms with Crippen LogP contribution in [0.25, 0.3) is 0 Å². The third kappa shape index (κ3) is 4.47. The lowest BCUT2D eigenvalue weighted by molar-refractivity contribution is 0.147. The quantitative estimate of drug-likeness (QED) is 0.540. The second-order valence-electron chi connectivity index (χ2n) is 2.84. The summed E-state index contributed by atoms with van der Waals surface area (Å²) in [7, 11) is 0. The molecule has 0 aliphatic rings. The fourth-order valence-electron chi connectivity index (χ4n) is 1.07. The van der Waals surface area contributed by atoms with Gasteiger partial charge in [0.1, 0.15) is 6.73 Å². The van der Waals surface area contributed by atoms with Crippen LogP contribution < -0.4 is 11.1 Å². The molecule has 1 rings (SSSR count). The molecule has 0 aromatic heterocycles. The Morgan fingerprint density at radius 2 is 2.07 bits per heavy atom. The van der Waals surface area contributed by atoms with Gasteiger partial charge in [0.05, 0.1) is 0 Å². The van der Waals surface area contributed by atoms with Crippen molar-refractivity contribution in [3.63, 3.8) is 0 Å². The molecule has 0 unspecified atom stereocenters. The zero-order chi connectivity index (χ0) is 10.2. The molecule has 0 aliphatic heterocycles. The van der Waals surface area contributed by atoms with Crippen molar-refractivity contribution in [1.29, 1.82) is 0 Å². The van der Waals surface area contributed by atoms with Crippen molar-refractivity contribution >= 4 is 6.09 Å². The van der Waals surface area contributed by atoms with Gasteiger partial charge in [0.25, 0.3) is 0 Å². The smallest absolute Gasteiger partial charge is 0.405 e. The predicted molar refractivity (Wildman–Crippen MR) is 53.7 cm³/mol. The number of hydrogen-bond donors (Lipinski definition) is 2. The van der Waals surface area contributed by atoms with Gasteiger partial charge in [-0.3, -0.25) is 5.32 Å². The van der Waals surface area contributed by atoms with E-state index in [1.54, 1.807) is 0 Å². The Morgan fingerprint density at radius 1 is 1.36 bits per heavy atom. The van der Waals surface area contributed by atoms with E-state index in [0.717, 1.165) is 13.0 Å². The van der Waals surface area contributed by atoms with E-state index < -0.39 is 6.09 Å². The molecule has 3 N–H and O–H groups in total. The highest BCUT2D eigenvalue weighted by Crippen LogP contribution is 1.97. The van der Waals surface area contributed by atoms with Crippen molar-refractivity contribution in [2.45, 2.75) is 6.42 Å². The standard InChI is InChI=1S/C10H14N2O2/c11-10(13)14-8-12-7-6-9-4-2-1-3-5-9/h1-5,12H,6-8H2,(H2,11,13). The highest BCUT2D eigenvalue weighted by atomic mass is 16.6. The minimum Gasteiger partial charge on any atom is -0.434 e. The summed E-state index contributed by atoms with van der Waals surface area (Å²) in [4.78, 5) is 10.2. The Balaban J connectivity index is 2.08. The van der Waals surface area contributed by atoms with Crippen LogP contribution in [0.4, 0.5) is 4.79 Å². The molecule has 0 spiro atoms. The first-order valence-electron chi connectivity index (χ1n) is 4.46. The minimum absolute atomic E-state index is 0.169. The topological polar surface area (TPSA) is 64.4 Å². The van der Waals surface area contributed by atoms with Gasteiger partial charge in [-0.1, -0.05) is 30.3 Å². The lowest BCUT2D eigenvalue weighted by Crippen LogP contribution is -2.25. The van der Waals surface area contributed by atoms with Gasteiger partial charge in [-0.15, -0.1) is 0 Å². The fraction of sp³-hybridized carbons (Fsp3) is 0.300. The average molecular weight is 194 g/mol. The van der Waals surface area contributed by atoms with Crippen LogP contribution in [0.3, 0.4) is 0 Å². The molecule has 14 heavy (non-hydrogen) atoms. The van der Waals surface area contributed by atoms with Crippen molar-refractivity contribution in [1.82, 2.24) is 5.32 Å². The molecule has 0 fully saturated rings. The first-order valence-corrected chi connectivity index (χ1v) is 4.46. The molecule has 1 amide bonds. The van der Waals surface area contributed by atoms with Gasteiger partial charge >= 0.3 is 6.09 Å². The van der Waals surface area contributed by atoms with E-state index in [0.29, 0.717) is 0 Å². The highest BCUT2D eigenvalue weighted by Gasteiger charge is 1.93. The highest BCUT2D eigenvalue weighted by molar-refractivity contribution is 5.64. The summed E-state index contributed by atoms with van der Waals surface area (Å²) in [5.41, 5.74) is 6.03. The summed E-state index contributed by atoms with van der Waals surface area (Å²) >= 11 is 0. The molecule has 0 bridgehead atoms. The van der Waals surface area contributed by atoms with Crippen molar-refractivity contribution < 1.29 is 9.53 Å². The molecule has 4 nitrogen and oxygen atoms in total. The van der Waals surface area contributed by atoms with Crippen LogP contribution in [0.5, 0.6) is 0 Å². The van der Waals surface area contributed by atoms with Crippen LogP contribution in [0.15, 0.2) is 30.3 Å². The van der Waals surface area contributed by atoms with Crippen LogP contribution in [0.1, 0.15) is 5.56 Å². The van der Waals surface area contributed by atoms with E-state index >= 15 is 0 Å². The van der Waals surface area contributed by atoms with Gasteiger partial charge < -0.3 is 10.5 Å². The number of ether oxygens (including phenoxy) is 1. The van der Waals surface area contributed by atoms with Gasteiger partial charge in [-0.05, 0) is 12.0 Å². The predicted octanol–water partition coefficient (Wildman–Crippen LogP) is 0.871. The lowest BCUT2D eigenvalue weighted by Gasteiger charge is -2.04. The van der Waals surface area contributed by atoms with Crippen LogP contribution in [0, 0.1) is 0 Å². The van der Waals surface area contributed by atoms with Crippen molar-refractivity contribution in [2.24, 2.45) is 5.73 Å². The van der Waals surface area contributed by atoms with Gasteiger partial charge in [-0.2, -0.15) is 0 Å². The number of carbonyl (C=O) groups is 1. The zero-order valence-corrected chi connectivity index (χ0v) is 7.90. The Bertz CT molecular complexity index is 275. The fourth-order valence-corrected chi connectivity index (χ4v) is 1.07. The number of primary amides is 1. The summed E-state index contributed by atoms with van der Waals surface area (Å²) < 4.78 is 4.51. The number of amides is 1. The number of nitrogens with one attached hydrogen (secondary N) is 1. The number of nitrogens with two attached hydrogens (primary N) is 1. The molecule has 0 atom stereocenters. The molecule has 0 heterocycles. The van der Waals surface area contributed by atoms with E-state index in [9.17, 15) is 4.79 Å². The monoisotopic (exact) mass is 194 g/mol. The zero-order valence-electron chi connectivity index (χ0n) is 7.90. The molecule has 1 aromatic carbocycles. The maximum absolute atomic E-state index is 10.2. The Kier molecular flexibility index (Phi) is 4.50. The van der Waals surface area contributed by atoms with E-state index in [4.69, 9.17) is 5.73 Å². The van der Waals surface area contributed by atoms with Gasteiger partial charge in [-0.25, -0.2) is 4.79 Å². The molecular formula is C10H14N2O2. The third-order valence-electron chi connectivity index (χ3n) is 1.75. The summed E-state index contributed by atoms with van der Waals surface area (Å²) in [5, 5.41) is 2.94. The van der Waals surface area contributed by atoms with E-state index in [1.165, 1.54) is 5.56 Å². The average Bonchev–Trinajstić information content (AvgIpc) is 2.18. The normalized spacial score (nSPS) is 9.71. The lowest BCUT2D eigenvalue weighted by atomic mass is 10.2. The van der Waals surface area contributed by atoms with E-state index in [1.807, 2.05) is 18.2 Å². The number of rotatable bonds is 5. The van der Waals surface area contributed by atoms with Gasteiger partial charge in [0, 0.05) is 6.54 Å². The van der Waals surface area contributed by atoms with Crippen LogP contribution >= 0.6 is 0 Å². The first kappa shape index (κ1) is 10.5. The second-order valence-corrected chi connectivity index (χ2v) is 2.84. The summed E-state index contributed by atoms with van der Waals surface area (Å²) in [6.45, 7) is 0.930. The van der Waals surface area contributed by atoms with Crippen LogP contribution in [-0.4, -0.2) is 19.4 Å². The van der Waals surface area contributed by atoms with Crippen LogP contribution in [0.2, 0.25) is 0 Å². The molecular weight excluding hydrogens is 180 g/mol.